The van der Waals surface area contributed by atoms with Gasteiger partial charge in [0.15, 0.2) is 6.10 Å². The molecule has 1 N–H and O–H groups in total. The third-order valence-corrected chi connectivity index (χ3v) is 3.40. The Morgan fingerprint density at radius 3 is 2.38 bits per heavy atom. The van der Waals surface area contributed by atoms with E-state index >= 15 is 0 Å². The Morgan fingerprint density at radius 2 is 1.81 bits per heavy atom. The average Bonchev–Trinajstić information content (AvgIpc) is 2.49. The first kappa shape index (κ1) is 15.5. The fourth-order valence-electron chi connectivity index (χ4n) is 1.76. The molecule has 0 aliphatic heterocycles. The highest BCUT2D eigenvalue weighted by Crippen LogP contribution is 2.17. The Kier molecular flexibility index (Phi) is 5.33. The summed E-state index contributed by atoms with van der Waals surface area (Å²) in [7, 11) is 0. The van der Waals surface area contributed by atoms with E-state index in [1.807, 2.05) is 19.1 Å². The molecule has 0 heterocycles. The van der Waals surface area contributed by atoms with E-state index in [1.54, 1.807) is 12.1 Å². The molecule has 0 aliphatic rings. The quantitative estimate of drug-likeness (QED) is 0.867. The van der Waals surface area contributed by atoms with Crippen LogP contribution in [0.2, 0.25) is 0 Å². The van der Waals surface area contributed by atoms with E-state index in [-0.39, 0.29) is 11.7 Å². The molecular formula is C16H15BrFNO2. The first-order valence-electron chi connectivity index (χ1n) is 6.57. The number of rotatable bonds is 5. The number of hydrogen-bond donors (Lipinski definition) is 1. The Labute approximate surface area is 131 Å². The van der Waals surface area contributed by atoms with Gasteiger partial charge in [0.2, 0.25) is 0 Å². The van der Waals surface area contributed by atoms with Gasteiger partial charge in [-0.15, -0.1) is 0 Å². The summed E-state index contributed by atoms with van der Waals surface area (Å²) in [5, 5.41) is 2.79. The number of anilines is 1. The molecule has 0 aliphatic carbocycles. The molecule has 0 bridgehead atoms. The normalized spacial score (nSPS) is 11.8. The predicted molar refractivity (Wildman–Crippen MR) is 83.9 cm³/mol. The summed E-state index contributed by atoms with van der Waals surface area (Å²) in [6.07, 6.45) is -0.112. The van der Waals surface area contributed by atoms with Gasteiger partial charge in [0, 0.05) is 10.2 Å². The van der Waals surface area contributed by atoms with Crippen molar-refractivity contribution in [2.75, 3.05) is 5.32 Å². The van der Waals surface area contributed by atoms with Crippen LogP contribution in [0, 0.1) is 5.82 Å². The van der Waals surface area contributed by atoms with Gasteiger partial charge in [-0.05, 0) is 55.0 Å². The van der Waals surface area contributed by atoms with Crippen LogP contribution < -0.4 is 10.1 Å². The minimum atomic E-state index is -0.626. The SMILES string of the molecule is CC[C@H](Oc1ccc(F)cc1)C(=O)Nc1ccc(Br)cc1. The number of hydrogen-bond acceptors (Lipinski definition) is 2. The van der Waals surface area contributed by atoms with E-state index in [9.17, 15) is 9.18 Å². The van der Waals surface area contributed by atoms with Gasteiger partial charge in [-0.3, -0.25) is 4.79 Å². The van der Waals surface area contributed by atoms with E-state index in [2.05, 4.69) is 21.2 Å². The van der Waals surface area contributed by atoms with Crippen LogP contribution in [-0.2, 0) is 4.79 Å². The molecule has 2 aromatic rings. The number of carbonyl (C=O) groups is 1. The highest BCUT2D eigenvalue weighted by molar-refractivity contribution is 9.10. The summed E-state index contributed by atoms with van der Waals surface area (Å²) in [6, 6.07) is 12.9. The summed E-state index contributed by atoms with van der Waals surface area (Å²) in [4.78, 5) is 12.2. The lowest BCUT2D eigenvalue weighted by Crippen LogP contribution is -2.32. The molecule has 3 nitrogen and oxygen atoms in total. The lowest BCUT2D eigenvalue weighted by Gasteiger charge is -2.17. The van der Waals surface area contributed by atoms with Gasteiger partial charge in [-0.2, -0.15) is 0 Å². The molecule has 2 rings (SSSR count). The molecule has 0 saturated heterocycles. The molecule has 0 aromatic heterocycles. The molecule has 0 fully saturated rings. The Bertz CT molecular complexity index is 599. The van der Waals surface area contributed by atoms with Gasteiger partial charge in [0.25, 0.3) is 5.91 Å². The van der Waals surface area contributed by atoms with Gasteiger partial charge in [0.1, 0.15) is 11.6 Å². The predicted octanol–water partition coefficient (Wildman–Crippen LogP) is 4.38. The fourth-order valence-corrected chi connectivity index (χ4v) is 2.02. The molecule has 0 saturated carbocycles. The number of amides is 1. The van der Waals surface area contributed by atoms with Gasteiger partial charge in [-0.25, -0.2) is 4.39 Å². The molecule has 5 heteroatoms. The number of carbonyl (C=O) groups excluding carboxylic acids is 1. The Balaban J connectivity index is 2.01. The van der Waals surface area contributed by atoms with Crippen LogP contribution in [0.15, 0.2) is 53.0 Å². The average molecular weight is 352 g/mol. The summed E-state index contributed by atoms with van der Waals surface area (Å²) in [5.74, 6) is -0.104. The van der Waals surface area contributed by atoms with E-state index in [0.29, 0.717) is 17.9 Å². The highest BCUT2D eigenvalue weighted by atomic mass is 79.9. The van der Waals surface area contributed by atoms with E-state index in [0.717, 1.165) is 4.47 Å². The number of ether oxygens (including phenoxy) is 1. The summed E-state index contributed by atoms with van der Waals surface area (Å²) in [6.45, 7) is 1.86. The third-order valence-electron chi connectivity index (χ3n) is 2.87. The third kappa shape index (κ3) is 4.56. The van der Waals surface area contributed by atoms with Crippen LogP contribution >= 0.6 is 15.9 Å². The molecule has 0 spiro atoms. The van der Waals surface area contributed by atoms with Crippen molar-refractivity contribution in [1.29, 1.82) is 0 Å². The maximum atomic E-state index is 12.8. The van der Waals surface area contributed by atoms with Crippen molar-refractivity contribution < 1.29 is 13.9 Å². The topological polar surface area (TPSA) is 38.3 Å². The van der Waals surface area contributed by atoms with Gasteiger partial charge in [0.05, 0.1) is 0 Å². The molecule has 110 valence electrons. The van der Waals surface area contributed by atoms with E-state index < -0.39 is 6.10 Å². The second-order valence-corrected chi connectivity index (χ2v) is 5.38. The first-order chi connectivity index (χ1) is 10.1. The molecule has 0 radical (unpaired) electrons. The zero-order chi connectivity index (χ0) is 15.2. The largest absolute Gasteiger partial charge is 0.481 e. The minimum absolute atomic E-state index is 0.232. The molecule has 0 unspecified atom stereocenters. The van der Waals surface area contributed by atoms with Crippen molar-refractivity contribution >= 4 is 27.5 Å². The second-order valence-electron chi connectivity index (χ2n) is 4.46. The molecule has 1 atom stereocenters. The van der Waals surface area contributed by atoms with Crippen LogP contribution in [0.1, 0.15) is 13.3 Å². The van der Waals surface area contributed by atoms with Crippen molar-refractivity contribution in [3.05, 3.63) is 58.8 Å². The Morgan fingerprint density at radius 1 is 1.19 bits per heavy atom. The van der Waals surface area contributed by atoms with Crippen molar-refractivity contribution in [2.24, 2.45) is 0 Å². The number of benzene rings is 2. The molecule has 2 aromatic carbocycles. The van der Waals surface area contributed by atoms with Gasteiger partial charge >= 0.3 is 0 Å². The fraction of sp³-hybridized carbons (Fsp3) is 0.188. The van der Waals surface area contributed by atoms with Crippen LogP contribution in [0.3, 0.4) is 0 Å². The minimum Gasteiger partial charge on any atom is -0.481 e. The number of halogens is 2. The van der Waals surface area contributed by atoms with Crippen LogP contribution in [0.4, 0.5) is 10.1 Å². The molecule has 21 heavy (non-hydrogen) atoms. The molecular weight excluding hydrogens is 337 g/mol. The van der Waals surface area contributed by atoms with E-state index in [4.69, 9.17) is 4.74 Å². The van der Waals surface area contributed by atoms with Crippen LogP contribution in [0.25, 0.3) is 0 Å². The monoisotopic (exact) mass is 351 g/mol. The van der Waals surface area contributed by atoms with E-state index in [1.165, 1.54) is 24.3 Å². The van der Waals surface area contributed by atoms with Gasteiger partial charge < -0.3 is 10.1 Å². The summed E-state index contributed by atoms with van der Waals surface area (Å²) >= 11 is 3.34. The lowest BCUT2D eigenvalue weighted by molar-refractivity contribution is -0.122. The van der Waals surface area contributed by atoms with Gasteiger partial charge in [-0.1, -0.05) is 22.9 Å². The van der Waals surface area contributed by atoms with Crippen molar-refractivity contribution in [3.8, 4) is 5.75 Å². The first-order valence-corrected chi connectivity index (χ1v) is 7.36. The zero-order valence-corrected chi connectivity index (χ0v) is 13.1. The van der Waals surface area contributed by atoms with Crippen LogP contribution in [0.5, 0.6) is 5.75 Å². The second kappa shape index (κ2) is 7.22. The zero-order valence-electron chi connectivity index (χ0n) is 11.5. The lowest BCUT2D eigenvalue weighted by atomic mass is 10.2. The van der Waals surface area contributed by atoms with Crippen LogP contribution in [-0.4, -0.2) is 12.0 Å². The standard InChI is InChI=1S/C16H15BrFNO2/c1-2-15(21-14-9-5-12(18)6-10-14)16(20)19-13-7-3-11(17)4-8-13/h3-10,15H,2H2,1H3,(H,19,20)/t15-/m0/s1. The van der Waals surface area contributed by atoms with Crippen molar-refractivity contribution in [2.45, 2.75) is 19.4 Å². The van der Waals surface area contributed by atoms with Crippen molar-refractivity contribution in [1.82, 2.24) is 0 Å². The van der Waals surface area contributed by atoms with Crippen molar-refractivity contribution in [3.63, 3.8) is 0 Å². The summed E-state index contributed by atoms with van der Waals surface area (Å²) in [5.41, 5.74) is 0.698. The maximum Gasteiger partial charge on any atom is 0.265 e. The highest BCUT2D eigenvalue weighted by Gasteiger charge is 2.18. The Hall–Kier alpha value is -1.88. The maximum absolute atomic E-state index is 12.8. The summed E-state index contributed by atoms with van der Waals surface area (Å²) < 4.78 is 19.4. The number of nitrogens with one attached hydrogen (secondary N) is 1. The molecule has 1 amide bonds. The smallest absolute Gasteiger partial charge is 0.265 e.